The molecule has 170 valence electrons. The zero-order chi connectivity index (χ0) is 21.9. The molecule has 2 N–H and O–H groups in total. The van der Waals surface area contributed by atoms with Gasteiger partial charge in [0.05, 0.1) is 6.61 Å². The summed E-state index contributed by atoms with van der Waals surface area (Å²) in [5.74, 6) is -0.0800. The van der Waals surface area contributed by atoms with E-state index in [4.69, 9.17) is 21.1 Å². The van der Waals surface area contributed by atoms with E-state index in [-0.39, 0.29) is 19.1 Å². The lowest BCUT2D eigenvalue weighted by Crippen LogP contribution is -2.48. The molecule has 1 aromatic rings. The van der Waals surface area contributed by atoms with Crippen LogP contribution in [0.1, 0.15) is 31.7 Å². The van der Waals surface area contributed by atoms with Gasteiger partial charge in [-0.2, -0.15) is 0 Å². The Morgan fingerprint density at radius 3 is 2.53 bits per heavy atom. The van der Waals surface area contributed by atoms with Crippen molar-refractivity contribution in [3.8, 4) is 0 Å². The molecule has 0 saturated carbocycles. The van der Waals surface area contributed by atoms with Gasteiger partial charge in [0, 0.05) is 51.8 Å². The van der Waals surface area contributed by atoms with Crippen molar-refractivity contribution in [3.05, 3.63) is 34.9 Å². The molecular formula is C22H35ClN2O5. The number of methoxy groups -OCH3 is 1. The first-order valence-electron chi connectivity index (χ1n) is 10.6. The van der Waals surface area contributed by atoms with Gasteiger partial charge in [0.2, 0.25) is 5.91 Å². The molecule has 0 spiro atoms. The lowest BCUT2D eigenvalue weighted by molar-refractivity contribution is -0.136. The van der Waals surface area contributed by atoms with Crippen LogP contribution in [0.5, 0.6) is 0 Å². The van der Waals surface area contributed by atoms with Crippen molar-refractivity contribution in [2.45, 2.75) is 51.0 Å². The zero-order valence-corrected chi connectivity index (χ0v) is 18.8. The van der Waals surface area contributed by atoms with E-state index in [9.17, 15) is 15.0 Å². The highest BCUT2D eigenvalue weighted by Gasteiger charge is 2.29. The van der Waals surface area contributed by atoms with Crippen LogP contribution < -0.4 is 0 Å². The summed E-state index contributed by atoms with van der Waals surface area (Å²) >= 11 is 6.00. The molecule has 1 saturated heterocycles. The molecule has 3 atom stereocenters. The van der Waals surface area contributed by atoms with E-state index in [0.717, 1.165) is 43.9 Å². The number of ether oxygens (including phenoxy) is 2. The van der Waals surface area contributed by atoms with Crippen molar-refractivity contribution < 1.29 is 24.5 Å². The molecule has 1 fully saturated rings. The Hall–Kier alpha value is -1.22. The minimum absolute atomic E-state index is 0.0373. The number of carbonyl (C=O) groups is 1. The molecule has 1 aliphatic rings. The fourth-order valence-electron chi connectivity index (χ4n) is 3.61. The van der Waals surface area contributed by atoms with Crippen molar-refractivity contribution in [1.29, 1.82) is 0 Å². The molecule has 1 amide bonds. The van der Waals surface area contributed by atoms with Gasteiger partial charge in [-0.3, -0.25) is 9.69 Å². The smallest absolute Gasteiger partial charge is 0.219 e. The maximum absolute atomic E-state index is 12.1. The van der Waals surface area contributed by atoms with Crippen LogP contribution in [0.4, 0.5) is 0 Å². The van der Waals surface area contributed by atoms with Gasteiger partial charge in [-0.25, -0.2) is 0 Å². The number of hydrogen-bond acceptors (Lipinski definition) is 6. The number of nitrogens with zero attached hydrogens (tertiary/aromatic N) is 2. The molecular weight excluding hydrogens is 408 g/mol. The van der Waals surface area contributed by atoms with E-state index >= 15 is 0 Å². The summed E-state index contributed by atoms with van der Waals surface area (Å²) in [6.07, 6.45) is -0.226. The number of hydrogen-bond donors (Lipinski definition) is 2. The van der Waals surface area contributed by atoms with E-state index < -0.39 is 18.3 Å². The van der Waals surface area contributed by atoms with E-state index in [2.05, 4.69) is 4.90 Å². The minimum Gasteiger partial charge on any atom is -0.388 e. The van der Waals surface area contributed by atoms with Crippen LogP contribution in [0.15, 0.2) is 24.3 Å². The van der Waals surface area contributed by atoms with Crippen molar-refractivity contribution >= 4 is 17.5 Å². The first kappa shape index (κ1) is 25.0. The molecule has 0 aliphatic carbocycles. The number of aliphatic hydroxyl groups excluding tert-OH is 2. The van der Waals surface area contributed by atoms with E-state index in [1.807, 2.05) is 24.3 Å². The van der Waals surface area contributed by atoms with Gasteiger partial charge in [0.15, 0.2) is 0 Å². The molecule has 1 aliphatic heterocycles. The molecule has 1 aromatic carbocycles. The van der Waals surface area contributed by atoms with Gasteiger partial charge in [-0.15, -0.1) is 0 Å². The first-order chi connectivity index (χ1) is 14.4. The maximum Gasteiger partial charge on any atom is 0.219 e. The Labute approximate surface area is 184 Å². The van der Waals surface area contributed by atoms with Gasteiger partial charge < -0.3 is 24.6 Å². The second-order valence-corrected chi connectivity index (χ2v) is 8.27. The monoisotopic (exact) mass is 442 g/mol. The van der Waals surface area contributed by atoms with Gasteiger partial charge >= 0.3 is 0 Å². The first-order valence-corrected chi connectivity index (χ1v) is 11.0. The number of rotatable bonds is 3. The fourth-order valence-corrected chi connectivity index (χ4v) is 3.74. The molecule has 7 nitrogen and oxygen atoms in total. The van der Waals surface area contributed by atoms with Crippen LogP contribution in [0.3, 0.4) is 0 Å². The number of benzene rings is 1. The average Bonchev–Trinajstić information content (AvgIpc) is 2.73. The Bertz CT molecular complexity index is 630. The fraction of sp³-hybridized carbons (Fsp3) is 0.682. The topological polar surface area (TPSA) is 82.5 Å². The summed E-state index contributed by atoms with van der Waals surface area (Å²) in [7, 11) is 1.47. The highest BCUT2D eigenvalue weighted by molar-refractivity contribution is 6.30. The Balaban J connectivity index is 2.05. The molecule has 8 heteroatoms. The molecule has 0 unspecified atom stereocenters. The highest BCUT2D eigenvalue weighted by atomic mass is 35.5. The predicted octanol–water partition coefficient (Wildman–Crippen LogP) is 1.93. The number of aliphatic hydroxyl groups is 2. The van der Waals surface area contributed by atoms with Gasteiger partial charge in [0.1, 0.15) is 18.3 Å². The average molecular weight is 443 g/mol. The van der Waals surface area contributed by atoms with Crippen LogP contribution in [0, 0.1) is 0 Å². The molecule has 1 heterocycles. The molecule has 2 rings (SSSR count). The van der Waals surface area contributed by atoms with Crippen molar-refractivity contribution in [2.75, 3.05) is 46.5 Å². The summed E-state index contributed by atoms with van der Waals surface area (Å²) < 4.78 is 10.9. The van der Waals surface area contributed by atoms with Gasteiger partial charge in [-0.05, 0) is 43.5 Å². The van der Waals surface area contributed by atoms with Crippen LogP contribution >= 0.6 is 11.6 Å². The highest BCUT2D eigenvalue weighted by Crippen LogP contribution is 2.14. The summed E-state index contributed by atoms with van der Waals surface area (Å²) in [6.45, 7) is 5.43. The second kappa shape index (κ2) is 13.2. The normalized spacial score (nSPS) is 26.0. The van der Waals surface area contributed by atoms with E-state index in [1.165, 1.54) is 19.6 Å². The third kappa shape index (κ3) is 8.49. The minimum atomic E-state index is -1.12. The zero-order valence-electron chi connectivity index (χ0n) is 18.0. The quantitative estimate of drug-likeness (QED) is 0.744. The number of carbonyl (C=O) groups excluding carboxylic acids is 1. The lowest BCUT2D eigenvalue weighted by atomic mass is 10.1. The number of halogens is 1. The lowest BCUT2D eigenvalue weighted by Gasteiger charge is -2.31. The predicted molar refractivity (Wildman–Crippen MR) is 116 cm³/mol. The van der Waals surface area contributed by atoms with Crippen LogP contribution in [0.2, 0.25) is 5.02 Å². The molecule has 0 aromatic heterocycles. The van der Waals surface area contributed by atoms with Gasteiger partial charge in [0.25, 0.3) is 0 Å². The largest absolute Gasteiger partial charge is 0.388 e. The van der Waals surface area contributed by atoms with Crippen molar-refractivity contribution in [2.24, 2.45) is 0 Å². The summed E-state index contributed by atoms with van der Waals surface area (Å²) in [5, 5.41) is 21.4. The van der Waals surface area contributed by atoms with Crippen LogP contribution in [0.25, 0.3) is 0 Å². The second-order valence-electron chi connectivity index (χ2n) is 7.84. The Kier molecular flexibility index (Phi) is 11.1. The Morgan fingerprint density at radius 1 is 1.17 bits per heavy atom. The van der Waals surface area contributed by atoms with Crippen LogP contribution in [-0.2, 0) is 20.8 Å². The standard InChI is InChI=1S/C22H35ClN2O5/c1-17(26)25-12-5-11-24(14-18-6-8-19(23)9-7-18)10-3-4-13-30-16-20(27)22(28)21(15-25)29-2/h6-9,20-22,27-28H,3-5,10-16H2,1-2H3/t20-,21-,22-/m0/s1. The van der Waals surface area contributed by atoms with E-state index in [1.54, 1.807) is 4.90 Å². The number of amides is 1. The third-order valence-electron chi connectivity index (χ3n) is 5.45. The maximum atomic E-state index is 12.1. The Morgan fingerprint density at radius 2 is 1.87 bits per heavy atom. The molecule has 0 bridgehead atoms. The van der Waals surface area contributed by atoms with Crippen molar-refractivity contribution in [3.63, 3.8) is 0 Å². The summed E-state index contributed by atoms with van der Waals surface area (Å²) in [5.41, 5.74) is 1.20. The van der Waals surface area contributed by atoms with Crippen molar-refractivity contribution in [1.82, 2.24) is 9.80 Å². The summed E-state index contributed by atoms with van der Waals surface area (Å²) in [4.78, 5) is 16.2. The van der Waals surface area contributed by atoms with Gasteiger partial charge in [-0.1, -0.05) is 23.7 Å². The van der Waals surface area contributed by atoms with E-state index in [0.29, 0.717) is 13.2 Å². The van der Waals surface area contributed by atoms with Crippen LogP contribution in [-0.4, -0.2) is 90.7 Å². The molecule has 30 heavy (non-hydrogen) atoms. The molecule has 0 radical (unpaired) electrons. The SMILES string of the molecule is CO[C@H]1CN(C(C)=O)CCCN(Cc2ccc(Cl)cc2)CCCCOC[C@H](O)[C@@H]1O. The summed E-state index contributed by atoms with van der Waals surface area (Å²) in [6, 6.07) is 7.87. The third-order valence-corrected chi connectivity index (χ3v) is 5.70.